The highest BCUT2D eigenvalue weighted by Crippen LogP contribution is 2.43. The van der Waals surface area contributed by atoms with Gasteiger partial charge >= 0.3 is 0 Å². The first kappa shape index (κ1) is 13.7. The van der Waals surface area contributed by atoms with Crippen molar-refractivity contribution in [3.8, 4) is 10.7 Å². The van der Waals surface area contributed by atoms with E-state index in [1.165, 1.54) is 21.7 Å². The predicted octanol–water partition coefficient (Wildman–Crippen LogP) is 3.79. The van der Waals surface area contributed by atoms with E-state index in [0.29, 0.717) is 0 Å². The third-order valence-corrected chi connectivity index (χ3v) is 5.14. The normalized spacial score (nSPS) is 20.8. The van der Waals surface area contributed by atoms with Gasteiger partial charge in [0.15, 0.2) is 0 Å². The first-order valence-electron chi connectivity index (χ1n) is 7.04. The smallest absolute Gasteiger partial charge is 0.142 e. The van der Waals surface area contributed by atoms with Crippen molar-refractivity contribution in [2.45, 2.75) is 46.6 Å². The highest BCUT2D eigenvalue weighted by atomic mass is 32.1. The number of aromatic nitrogens is 2. The van der Waals surface area contributed by atoms with Crippen LogP contribution in [-0.4, -0.2) is 9.97 Å². The lowest BCUT2D eigenvalue weighted by Gasteiger charge is -2.32. The highest BCUT2D eigenvalue weighted by molar-refractivity contribution is 7.15. The minimum Gasteiger partial charge on any atom is -0.323 e. The molecule has 2 aromatic rings. The SMILES string of the molecule is Cc1cnc(-c2nc3c(s2)C(N)CC(C)(C)C3)c(C)c1. The van der Waals surface area contributed by atoms with Gasteiger partial charge in [-0.1, -0.05) is 19.9 Å². The van der Waals surface area contributed by atoms with Gasteiger partial charge in [-0.25, -0.2) is 4.98 Å². The number of nitrogens with zero attached hydrogens (tertiary/aromatic N) is 2. The average molecular weight is 287 g/mol. The van der Waals surface area contributed by atoms with Gasteiger partial charge in [-0.3, -0.25) is 4.98 Å². The molecule has 0 fully saturated rings. The molecule has 1 aliphatic carbocycles. The Morgan fingerprint density at radius 3 is 2.80 bits per heavy atom. The predicted molar refractivity (Wildman–Crippen MR) is 83.8 cm³/mol. The molecule has 0 aliphatic heterocycles. The molecule has 1 aliphatic rings. The third-order valence-electron chi connectivity index (χ3n) is 3.90. The number of thiazole rings is 1. The maximum Gasteiger partial charge on any atom is 0.142 e. The lowest BCUT2D eigenvalue weighted by Crippen LogP contribution is -2.28. The minimum absolute atomic E-state index is 0.116. The molecule has 20 heavy (non-hydrogen) atoms. The Bertz CT molecular complexity index is 658. The fourth-order valence-electron chi connectivity index (χ4n) is 3.03. The summed E-state index contributed by atoms with van der Waals surface area (Å²) in [7, 11) is 0. The van der Waals surface area contributed by atoms with Crippen LogP contribution in [0.5, 0.6) is 0 Å². The molecule has 4 heteroatoms. The fraction of sp³-hybridized carbons (Fsp3) is 0.500. The van der Waals surface area contributed by atoms with E-state index in [2.05, 4.69) is 38.7 Å². The van der Waals surface area contributed by atoms with Crippen LogP contribution in [0.25, 0.3) is 10.7 Å². The third kappa shape index (κ3) is 2.38. The maximum absolute atomic E-state index is 6.33. The standard InChI is InChI=1S/C16H21N3S/c1-9-5-10(2)13(18-8-9)15-19-12-7-16(3,4)6-11(17)14(12)20-15/h5,8,11H,6-7,17H2,1-4H3. The number of hydrogen-bond donors (Lipinski definition) is 1. The molecule has 0 amide bonds. The highest BCUT2D eigenvalue weighted by Gasteiger charge is 2.33. The maximum atomic E-state index is 6.33. The summed E-state index contributed by atoms with van der Waals surface area (Å²) >= 11 is 1.72. The monoisotopic (exact) mass is 287 g/mol. The lowest BCUT2D eigenvalue weighted by atomic mass is 9.77. The molecule has 106 valence electrons. The van der Waals surface area contributed by atoms with Gasteiger partial charge in [0.05, 0.1) is 5.69 Å². The molecule has 0 radical (unpaired) electrons. The van der Waals surface area contributed by atoms with Crippen molar-refractivity contribution in [2.75, 3.05) is 0 Å². The number of aryl methyl sites for hydroxylation is 2. The second-order valence-corrected chi connectivity index (χ2v) is 7.69. The topological polar surface area (TPSA) is 51.8 Å². The van der Waals surface area contributed by atoms with Crippen LogP contribution < -0.4 is 5.73 Å². The number of hydrogen-bond acceptors (Lipinski definition) is 4. The van der Waals surface area contributed by atoms with Crippen LogP contribution in [-0.2, 0) is 6.42 Å². The lowest BCUT2D eigenvalue weighted by molar-refractivity contribution is 0.282. The molecule has 0 saturated heterocycles. The number of pyridine rings is 1. The van der Waals surface area contributed by atoms with Crippen LogP contribution in [0, 0.1) is 19.3 Å². The molecule has 1 unspecified atom stereocenters. The van der Waals surface area contributed by atoms with E-state index in [4.69, 9.17) is 10.7 Å². The molecule has 0 aromatic carbocycles. The molecule has 1 atom stereocenters. The fourth-order valence-corrected chi connectivity index (χ4v) is 4.18. The van der Waals surface area contributed by atoms with Crippen LogP contribution in [0.3, 0.4) is 0 Å². The molecule has 0 spiro atoms. The van der Waals surface area contributed by atoms with E-state index in [1.807, 2.05) is 6.20 Å². The average Bonchev–Trinajstić information content (AvgIpc) is 2.70. The van der Waals surface area contributed by atoms with Crippen molar-refractivity contribution in [1.29, 1.82) is 0 Å². The first-order valence-corrected chi connectivity index (χ1v) is 7.86. The summed E-state index contributed by atoms with van der Waals surface area (Å²) in [6, 6.07) is 2.28. The number of rotatable bonds is 1. The minimum atomic E-state index is 0.116. The Labute approximate surface area is 124 Å². The van der Waals surface area contributed by atoms with E-state index in [0.717, 1.165) is 23.5 Å². The number of nitrogens with two attached hydrogens (primary N) is 1. The van der Waals surface area contributed by atoms with E-state index in [9.17, 15) is 0 Å². The molecular formula is C16H21N3S. The summed E-state index contributed by atoms with van der Waals surface area (Å²) in [5.41, 5.74) is 11.1. The first-order chi connectivity index (χ1) is 9.35. The van der Waals surface area contributed by atoms with Crippen LogP contribution in [0.15, 0.2) is 12.3 Å². The van der Waals surface area contributed by atoms with E-state index >= 15 is 0 Å². The molecular weight excluding hydrogens is 266 g/mol. The molecule has 2 aromatic heterocycles. The Kier molecular flexibility index (Phi) is 3.18. The van der Waals surface area contributed by atoms with Crippen molar-refractivity contribution in [3.63, 3.8) is 0 Å². The zero-order chi connectivity index (χ0) is 14.5. The molecule has 2 N–H and O–H groups in total. The van der Waals surface area contributed by atoms with Crippen molar-refractivity contribution in [3.05, 3.63) is 34.0 Å². The molecule has 0 bridgehead atoms. The van der Waals surface area contributed by atoms with Gasteiger partial charge in [0.2, 0.25) is 0 Å². The van der Waals surface area contributed by atoms with Crippen LogP contribution in [0.1, 0.15) is 48.0 Å². The Balaban J connectivity index is 2.06. The number of fused-ring (bicyclic) bond motifs is 1. The quantitative estimate of drug-likeness (QED) is 0.868. The van der Waals surface area contributed by atoms with Crippen molar-refractivity contribution in [1.82, 2.24) is 9.97 Å². The second kappa shape index (κ2) is 4.64. The second-order valence-electron chi connectivity index (χ2n) is 6.66. The van der Waals surface area contributed by atoms with Crippen molar-refractivity contribution < 1.29 is 0 Å². The Morgan fingerprint density at radius 2 is 2.10 bits per heavy atom. The zero-order valence-corrected chi connectivity index (χ0v) is 13.3. The zero-order valence-electron chi connectivity index (χ0n) is 12.5. The summed E-state index contributed by atoms with van der Waals surface area (Å²) in [5, 5.41) is 1.01. The summed E-state index contributed by atoms with van der Waals surface area (Å²) in [6.45, 7) is 8.70. The van der Waals surface area contributed by atoms with Crippen molar-refractivity contribution in [2.24, 2.45) is 11.1 Å². The molecule has 0 saturated carbocycles. The van der Waals surface area contributed by atoms with Gasteiger partial charge in [-0.15, -0.1) is 11.3 Å². The van der Waals surface area contributed by atoms with Gasteiger partial charge in [0.25, 0.3) is 0 Å². The van der Waals surface area contributed by atoms with Crippen LogP contribution in [0.2, 0.25) is 0 Å². The largest absolute Gasteiger partial charge is 0.323 e. The van der Waals surface area contributed by atoms with Crippen molar-refractivity contribution >= 4 is 11.3 Å². The van der Waals surface area contributed by atoms with Gasteiger partial charge in [-0.05, 0) is 43.2 Å². The van der Waals surface area contributed by atoms with E-state index < -0.39 is 0 Å². The summed E-state index contributed by atoms with van der Waals surface area (Å²) in [4.78, 5) is 10.6. The Hall–Kier alpha value is -1.26. The van der Waals surface area contributed by atoms with Crippen LogP contribution in [0.4, 0.5) is 0 Å². The molecule has 3 nitrogen and oxygen atoms in total. The summed E-state index contributed by atoms with van der Waals surface area (Å²) in [5.74, 6) is 0. The van der Waals surface area contributed by atoms with Crippen LogP contribution >= 0.6 is 11.3 Å². The van der Waals surface area contributed by atoms with Gasteiger partial charge in [0.1, 0.15) is 10.7 Å². The Morgan fingerprint density at radius 1 is 1.35 bits per heavy atom. The van der Waals surface area contributed by atoms with Gasteiger partial charge in [-0.2, -0.15) is 0 Å². The van der Waals surface area contributed by atoms with Gasteiger partial charge in [0, 0.05) is 17.1 Å². The summed E-state index contributed by atoms with van der Waals surface area (Å²) < 4.78 is 0. The van der Waals surface area contributed by atoms with E-state index in [1.54, 1.807) is 11.3 Å². The molecule has 2 heterocycles. The molecule has 3 rings (SSSR count). The summed E-state index contributed by atoms with van der Waals surface area (Å²) in [6.07, 6.45) is 3.95. The van der Waals surface area contributed by atoms with E-state index in [-0.39, 0.29) is 11.5 Å². The van der Waals surface area contributed by atoms with Gasteiger partial charge < -0.3 is 5.73 Å².